The number of nitrogens with zero attached hydrogens (tertiary/aromatic N) is 2. The Hall–Kier alpha value is -0.650. The van der Waals surface area contributed by atoms with E-state index in [9.17, 15) is 4.79 Å². The van der Waals surface area contributed by atoms with Crippen LogP contribution in [0.4, 0.5) is 0 Å². The van der Waals surface area contributed by atoms with E-state index in [1.807, 2.05) is 0 Å². The van der Waals surface area contributed by atoms with E-state index in [1.165, 1.54) is 6.42 Å². The standard InChI is InChI=1S/C11H24N4O/c12-4-1-2-5-14-6-3-7-15(9-8-14)10-11(13)16/h1-10,12H2,(H2,13,16). The highest BCUT2D eigenvalue weighted by atomic mass is 16.1. The molecule has 0 bridgehead atoms. The first-order valence-corrected chi connectivity index (χ1v) is 6.15. The van der Waals surface area contributed by atoms with Gasteiger partial charge in [0.05, 0.1) is 6.54 Å². The molecule has 0 aromatic carbocycles. The summed E-state index contributed by atoms with van der Waals surface area (Å²) >= 11 is 0. The average Bonchev–Trinajstić information content (AvgIpc) is 2.44. The average molecular weight is 228 g/mol. The van der Waals surface area contributed by atoms with Crippen LogP contribution in [0.5, 0.6) is 0 Å². The van der Waals surface area contributed by atoms with Gasteiger partial charge in [0, 0.05) is 13.1 Å². The van der Waals surface area contributed by atoms with Crippen LogP contribution in [-0.2, 0) is 4.79 Å². The fraction of sp³-hybridized carbons (Fsp3) is 0.909. The van der Waals surface area contributed by atoms with Crippen molar-refractivity contribution >= 4 is 5.91 Å². The van der Waals surface area contributed by atoms with Gasteiger partial charge in [-0.15, -0.1) is 0 Å². The molecule has 1 aliphatic rings. The minimum absolute atomic E-state index is 0.225. The Morgan fingerprint density at radius 2 is 1.75 bits per heavy atom. The molecule has 94 valence electrons. The van der Waals surface area contributed by atoms with Gasteiger partial charge in [-0.1, -0.05) is 0 Å². The third kappa shape index (κ3) is 5.44. The molecule has 0 radical (unpaired) electrons. The quantitative estimate of drug-likeness (QED) is 0.585. The van der Waals surface area contributed by atoms with Crippen LogP contribution in [0.25, 0.3) is 0 Å². The first-order chi connectivity index (χ1) is 7.72. The van der Waals surface area contributed by atoms with E-state index in [-0.39, 0.29) is 5.91 Å². The second kappa shape index (κ2) is 7.60. The van der Waals surface area contributed by atoms with E-state index in [4.69, 9.17) is 11.5 Å². The van der Waals surface area contributed by atoms with Crippen molar-refractivity contribution in [2.75, 3.05) is 45.8 Å². The highest BCUT2D eigenvalue weighted by Gasteiger charge is 2.15. The third-order valence-electron chi connectivity index (χ3n) is 2.99. The van der Waals surface area contributed by atoms with Crippen LogP contribution in [0.1, 0.15) is 19.3 Å². The first kappa shape index (κ1) is 13.4. The zero-order valence-electron chi connectivity index (χ0n) is 10.0. The van der Waals surface area contributed by atoms with Crippen molar-refractivity contribution in [3.8, 4) is 0 Å². The van der Waals surface area contributed by atoms with Crippen molar-refractivity contribution in [3.63, 3.8) is 0 Å². The van der Waals surface area contributed by atoms with Gasteiger partial charge in [-0.3, -0.25) is 9.69 Å². The molecule has 0 aromatic heterocycles. The lowest BCUT2D eigenvalue weighted by Gasteiger charge is -2.20. The molecule has 1 aliphatic heterocycles. The van der Waals surface area contributed by atoms with Gasteiger partial charge in [0.1, 0.15) is 0 Å². The molecule has 0 saturated carbocycles. The Bertz CT molecular complexity index is 210. The summed E-state index contributed by atoms with van der Waals surface area (Å²) in [6, 6.07) is 0. The molecule has 0 spiro atoms. The fourth-order valence-electron chi connectivity index (χ4n) is 2.11. The lowest BCUT2D eigenvalue weighted by molar-refractivity contribution is -0.119. The number of carbonyl (C=O) groups is 1. The molecule has 4 N–H and O–H groups in total. The van der Waals surface area contributed by atoms with E-state index in [1.54, 1.807) is 0 Å². The van der Waals surface area contributed by atoms with Crippen LogP contribution in [0.2, 0.25) is 0 Å². The van der Waals surface area contributed by atoms with E-state index in [2.05, 4.69) is 9.80 Å². The summed E-state index contributed by atoms with van der Waals surface area (Å²) in [5, 5.41) is 0. The Morgan fingerprint density at radius 3 is 2.44 bits per heavy atom. The van der Waals surface area contributed by atoms with Gasteiger partial charge in [-0.2, -0.15) is 0 Å². The molecule has 0 unspecified atom stereocenters. The Morgan fingerprint density at radius 1 is 1.06 bits per heavy atom. The smallest absolute Gasteiger partial charge is 0.231 e. The number of hydrogen-bond acceptors (Lipinski definition) is 4. The van der Waals surface area contributed by atoms with E-state index < -0.39 is 0 Å². The lowest BCUT2D eigenvalue weighted by atomic mass is 10.3. The van der Waals surface area contributed by atoms with Crippen molar-refractivity contribution in [3.05, 3.63) is 0 Å². The van der Waals surface area contributed by atoms with Crippen LogP contribution < -0.4 is 11.5 Å². The van der Waals surface area contributed by atoms with Gasteiger partial charge >= 0.3 is 0 Å². The molecule has 0 aromatic rings. The number of amides is 1. The molecule has 5 heteroatoms. The highest BCUT2D eigenvalue weighted by molar-refractivity contribution is 5.75. The molecule has 1 heterocycles. The Labute approximate surface area is 97.7 Å². The monoisotopic (exact) mass is 228 g/mol. The predicted octanol–water partition coefficient (Wildman–Crippen LogP) is -0.782. The second-order valence-corrected chi connectivity index (χ2v) is 4.43. The summed E-state index contributed by atoms with van der Waals surface area (Å²) in [5.41, 5.74) is 10.7. The van der Waals surface area contributed by atoms with Crippen molar-refractivity contribution in [1.82, 2.24) is 9.80 Å². The number of unbranched alkanes of at least 4 members (excludes halogenated alkanes) is 1. The normalized spacial score (nSPS) is 19.6. The molecule has 1 amide bonds. The number of primary amides is 1. The maximum atomic E-state index is 10.8. The SMILES string of the molecule is NCCCCN1CCCN(CC(N)=O)CC1. The second-order valence-electron chi connectivity index (χ2n) is 4.43. The van der Waals surface area contributed by atoms with Crippen LogP contribution >= 0.6 is 0 Å². The van der Waals surface area contributed by atoms with Crippen molar-refractivity contribution in [2.24, 2.45) is 11.5 Å². The van der Waals surface area contributed by atoms with Gasteiger partial charge in [0.15, 0.2) is 0 Å². The summed E-state index contributed by atoms with van der Waals surface area (Å²) < 4.78 is 0. The summed E-state index contributed by atoms with van der Waals surface area (Å²) in [5.74, 6) is -0.225. The summed E-state index contributed by atoms with van der Waals surface area (Å²) in [6.45, 7) is 6.40. The lowest BCUT2D eigenvalue weighted by Crippen LogP contribution is -2.36. The Balaban J connectivity index is 2.20. The first-order valence-electron chi connectivity index (χ1n) is 6.15. The number of hydrogen-bond donors (Lipinski definition) is 2. The number of rotatable bonds is 6. The number of nitrogens with two attached hydrogens (primary N) is 2. The zero-order valence-corrected chi connectivity index (χ0v) is 10.0. The van der Waals surface area contributed by atoms with Crippen LogP contribution in [0.15, 0.2) is 0 Å². The summed E-state index contributed by atoms with van der Waals surface area (Å²) in [7, 11) is 0. The maximum absolute atomic E-state index is 10.8. The van der Waals surface area contributed by atoms with Gasteiger partial charge in [0.25, 0.3) is 0 Å². The van der Waals surface area contributed by atoms with E-state index >= 15 is 0 Å². The molecule has 5 nitrogen and oxygen atoms in total. The van der Waals surface area contributed by atoms with Gasteiger partial charge in [-0.05, 0) is 45.4 Å². The molecule has 0 atom stereocenters. The van der Waals surface area contributed by atoms with Gasteiger partial charge in [-0.25, -0.2) is 0 Å². The third-order valence-corrected chi connectivity index (χ3v) is 2.99. The van der Waals surface area contributed by atoms with Crippen molar-refractivity contribution in [1.29, 1.82) is 0 Å². The maximum Gasteiger partial charge on any atom is 0.231 e. The van der Waals surface area contributed by atoms with Crippen LogP contribution in [-0.4, -0.2) is 61.5 Å². The van der Waals surface area contributed by atoms with Crippen molar-refractivity contribution in [2.45, 2.75) is 19.3 Å². The summed E-state index contributed by atoms with van der Waals surface area (Å²) in [6.07, 6.45) is 3.39. The highest BCUT2D eigenvalue weighted by Crippen LogP contribution is 2.04. The van der Waals surface area contributed by atoms with Crippen LogP contribution in [0, 0.1) is 0 Å². The van der Waals surface area contributed by atoms with Crippen molar-refractivity contribution < 1.29 is 4.79 Å². The predicted molar refractivity (Wildman–Crippen MR) is 65.0 cm³/mol. The minimum Gasteiger partial charge on any atom is -0.369 e. The fourth-order valence-corrected chi connectivity index (χ4v) is 2.11. The summed E-state index contributed by atoms with van der Waals surface area (Å²) in [4.78, 5) is 15.4. The molecular weight excluding hydrogens is 204 g/mol. The van der Waals surface area contributed by atoms with E-state index in [0.29, 0.717) is 6.54 Å². The van der Waals surface area contributed by atoms with Crippen LogP contribution in [0.3, 0.4) is 0 Å². The molecule has 1 fully saturated rings. The largest absolute Gasteiger partial charge is 0.369 e. The van der Waals surface area contributed by atoms with Gasteiger partial charge < -0.3 is 16.4 Å². The number of carbonyl (C=O) groups excluding carboxylic acids is 1. The molecule has 0 aliphatic carbocycles. The molecule has 1 saturated heterocycles. The van der Waals surface area contributed by atoms with Gasteiger partial charge in [0.2, 0.25) is 5.91 Å². The molecule has 1 rings (SSSR count). The molecule has 16 heavy (non-hydrogen) atoms. The van der Waals surface area contributed by atoms with E-state index in [0.717, 1.165) is 52.1 Å². The molecular formula is C11H24N4O. The Kier molecular flexibility index (Phi) is 6.37. The minimum atomic E-state index is -0.225. The topological polar surface area (TPSA) is 75.6 Å². The zero-order chi connectivity index (χ0) is 11.8.